The SMILES string of the molecule is COC(=O)C1SC(OC)=NC12c1ccccc1N=C1C=CC(Cl)=CC12. The standard InChI is InChI=1S/C18H15ClN2O3S/c1-23-16(22)15-18(21-17(24-2)25-15)11-5-3-4-6-13(11)20-14-8-7-10(19)9-12(14)18/h3-9,12,15H,1-2H3. The molecule has 0 aromatic heterocycles. The number of esters is 1. The molecule has 25 heavy (non-hydrogen) atoms. The maximum Gasteiger partial charge on any atom is 0.322 e. The first-order valence-electron chi connectivity index (χ1n) is 7.72. The lowest BCUT2D eigenvalue weighted by molar-refractivity contribution is -0.141. The van der Waals surface area contributed by atoms with Gasteiger partial charge in [-0.15, -0.1) is 0 Å². The minimum Gasteiger partial charge on any atom is -0.476 e. The first kappa shape index (κ1) is 16.4. The molecule has 0 fully saturated rings. The van der Waals surface area contributed by atoms with Gasteiger partial charge >= 0.3 is 5.97 Å². The molecule has 7 heteroatoms. The van der Waals surface area contributed by atoms with Crippen molar-refractivity contribution in [1.82, 2.24) is 0 Å². The van der Waals surface area contributed by atoms with Crippen molar-refractivity contribution in [3.05, 3.63) is 53.1 Å². The molecule has 0 radical (unpaired) electrons. The minimum absolute atomic E-state index is 0.274. The zero-order valence-corrected chi connectivity index (χ0v) is 15.2. The Balaban J connectivity index is 2.01. The summed E-state index contributed by atoms with van der Waals surface area (Å²) in [4.78, 5) is 22.2. The third-order valence-electron chi connectivity index (χ3n) is 4.60. The van der Waals surface area contributed by atoms with E-state index in [9.17, 15) is 4.79 Å². The Hall–Kier alpha value is -2.05. The molecule has 2 heterocycles. The molecule has 3 unspecified atom stereocenters. The van der Waals surface area contributed by atoms with Crippen LogP contribution >= 0.6 is 23.4 Å². The van der Waals surface area contributed by atoms with Crippen molar-refractivity contribution in [2.24, 2.45) is 15.9 Å². The fourth-order valence-corrected chi connectivity index (χ4v) is 4.92. The molecule has 3 aliphatic rings. The number of nitrogens with zero attached hydrogens (tertiary/aromatic N) is 2. The van der Waals surface area contributed by atoms with Crippen molar-refractivity contribution < 1.29 is 14.3 Å². The topological polar surface area (TPSA) is 60.2 Å². The van der Waals surface area contributed by atoms with Gasteiger partial charge in [0.15, 0.2) is 0 Å². The van der Waals surface area contributed by atoms with Gasteiger partial charge in [-0.2, -0.15) is 0 Å². The molecule has 1 aromatic rings. The first-order chi connectivity index (χ1) is 12.1. The van der Waals surface area contributed by atoms with Crippen molar-refractivity contribution >= 4 is 46.0 Å². The van der Waals surface area contributed by atoms with Crippen molar-refractivity contribution in [3.8, 4) is 0 Å². The predicted octanol–water partition coefficient (Wildman–Crippen LogP) is 3.57. The van der Waals surface area contributed by atoms with Crippen LogP contribution in [0.1, 0.15) is 5.56 Å². The molecule has 128 valence electrons. The Kier molecular flexibility index (Phi) is 3.96. The van der Waals surface area contributed by atoms with Crippen LogP contribution in [0.5, 0.6) is 0 Å². The van der Waals surface area contributed by atoms with Gasteiger partial charge in [0, 0.05) is 10.6 Å². The van der Waals surface area contributed by atoms with E-state index in [0.29, 0.717) is 10.3 Å². The molecule has 3 atom stereocenters. The van der Waals surface area contributed by atoms with Crippen LogP contribution in [0.4, 0.5) is 5.69 Å². The summed E-state index contributed by atoms with van der Waals surface area (Å²) in [5, 5.41) is 0.458. The van der Waals surface area contributed by atoms with Gasteiger partial charge in [-0.25, -0.2) is 4.99 Å². The number of thioether (sulfide) groups is 1. The average molecular weight is 375 g/mol. The van der Waals surface area contributed by atoms with Crippen molar-refractivity contribution in [1.29, 1.82) is 0 Å². The number of methoxy groups -OCH3 is 2. The number of para-hydroxylation sites is 1. The van der Waals surface area contributed by atoms with E-state index in [4.69, 9.17) is 31.1 Å². The monoisotopic (exact) mass is 374 g/mol. The molecule has 1 aromatic carbocycles. The lowest BCUT2D eigenvalue weighted by Gasteiger charge is -2.41. The van der Waals surface area contributed by atoms with E-state index >= 15 is 0 Å². The highest BCUT2D eigenvalue weighted by atomic mass is 35.5. The van der Waals surface area contributed by atoms with Gasteiger partial charge in [-0.1, -0.05) is 35.9 Å². The molecule has 5 nitrogen and oxygen atoms in total. The minimum atomic E-state index is -0.901. The van der Waals surface area contributed by atoms with Crippen LogP contribution in [0.15, 0.2) is 57.5 Å². The molecule has 0 bridgehead atoms. The Labute approximate surface area is 154 Å². The average Bonchev–Trinajstić information content (AvgIpc) is 3.02. The maximum absolute atomic E-state index is 12.6. The molecule has 0 amide bonds. The molecule has 1 spiro atoms. The van der Waals surface area contributed by atoms with E-state index in [1.54, 1.807) is 13.2 Å². The second-order valence-electron chi connectivity index (χ2n) is 5.84. The largest absolute Gasteiger partial charge is 0.476 e. The van der Waals surface area contributed by atoms with Gasteiger partial charge in [0.25, 0.3) is 0 Å². The molecular formula is C18H15ClN2O3S. The van der Waals surface area contributed by atoms with Crippen LogP contribution in [0.2, 0.25) is 0 Å². The first-order valence-corrected chi connectivity index (χ1v) is 8.97. The quantitative estimate of drug-likeness (QED) is 0.705. The Bertz CT molecular complexity index is 877. The van der Waals surface area contributed by atoms with E-state index in [1.165, 1.54) is 18.9 Å². The van der Waals surface area contributed by atoms with Crippen molar-refractivity contribution in [3.63, 3.8) is 0 Å². The Morgan fingerprint density at radius 2 is 2.08 bits per heavy atom. The second kappa shape index (κ2) is 6.04. The number of fused-ring (bicyclic) bond motifs is 4. The highest BCUT2D eigenvalue weighted by Gasteiger charge is 2.59. The molecule has 0 saturated carbocycles. The number of allylic oxidation sites excluding steroid dienone is 3. The lowest BCUT2D eigenvalue weighted by Crippen LogP contribution is -2.49. The third-order valence-corrected chi connectivity index (χ3v) is 6.10. The Morgan fingerprint density at radius 1 is 1.28 bits per heavy atom. The van der Waals surface area contributed by atoms with Crippen molar-refractivity contribution in [2.45, 2.75) is 10.8 Å². The van der Waals surface area contributed by atoms with Crippen LogP contribution in [0.3, 0.4) is 0 Å². The fraction of sp³-hybridized carbons (Fsp3) is 0.278. The van der Waals surface area contributed by atoms with Crippen LogP contribution in [0, 0.1) is 5.92 Å². The van der Waals surface area contributed by atoms with E-state index < -0.39 is 10.8 Å². The van der Waals surface area contributed by atoms with Gasteiger partial charge in [0.2, 0.25) is 5.23 Å². The smallest absolute Gasteiger partial charge is 0.322 e. The summed E-state index contributed by atoms with van der Waals surface area (Å²) in [6.45, 7) is 0. The summed E-state index contributed by atoms with van der Waals surface area (Å²) in [6.07, 6.45) is 5.58. The number of aliphatic imine (C=N–C) groups is 2. The highest BCUT2D eigenvalue weighted by molar-refractivity contribution is 8.15. The van der Waals surface area contributed by atoms with Crippen LogP contribution in [0.25, 0.3) is 0 Å². The van der Waals surface area contributed by atoms with Gasteiger partial charge in [0.05, 0.1) is 31.5 Å². The fourth-order valence-electron chi connectivity index (χ4n) is 3.53. The second-order valence-corrected chi connectivity index (χ2v) is 7.34. The van der Waals surface area contributed by atoms with Gasteiger partial charge in [0.1, 0.15) is 10.8 Å². The molecular weight excluding hydrogens is 360 g/mol. The van der Waals surface area contributed by atoms with E-state index in [1.807, 2.05) is 36.4 Å². The number of ether oxygens (including phenoxy) is 2. The molecule has 0 N–H and O–H groups in total. The molecule has 4 rings (SSSR count). The maximum atomic E-state index is 12.6. The summed E-state index contributed by atoms with van der Waals surface area (Å²) in [7, 11) is 2.93. The summed E-state index contributed by atoms with van der Waals surface area (Å²) < 4.78 is 10.5. The summed E-state index contributed by atoms with van der Waals surface area (Å²) in [5.74, 6) is -0.625. The van der Waals surface area contributed by atoms with Crippen LogP contribution in [-0.2, 0) is 19.8 Å². The van der Waals surface area contributed by atoms with Gasteiger partial charge < -0.3 is 9.47 Å². The summed E-state index contributed by atoms with van der Waals surface area (Å²) in [6, 6.07) is 7.72. The van der Waals surface area contributed by atoms with Gasteiger partial charge in [-0.3, -0.25) is 9.79 Å². The third kappa shape index (κ3) is 2.35. The predicted molar refractivity (Wildman–Crippen MR) is 99.6 cm³/mol. The molecule has 1 aliphatic carbocycles. The van der Waals surface area contributed by atoms with Gasteiger partial charge in [-0.05, 0) is 30.0 Å². The number of hydrogen-bond donors (Lipinski definition) is 0. The van der Waals surface area contributed by atoms with E-state index in [-0.39, 0.29) is 11.9 Å². The number of carbonyl (C=O) groups excluding carboxylic acids is 1. The molecule has 0 saturated heterocycles. The van der Waals surface area contributed by atoms with Crippen LogP contribution < -0.4 is 0 Å². The Morgan fingerprint density at radius 3 is 2.84 bits per heavy atom. The number of benzene rings is 1. The zero-order valence-electron chi connectivity index (χ0n) is 13.6. The highest BCUT2D eigenvalue weighted by Crippen LogP contribution is 2.55. The lowest BCUT2D eigenvalue weighted by atomic mass is 9.70. The number of rotatable bonds is 1. The van der Waals surface area contributed by atoms with E-state index in [0.717, 1.165) is 17.0 Å². The summed E-state index contributed by atoms with van der Waals surface area (Å²) in [5.41, 5.74) is 1.58. The van der Waals surface area contributed by atoms with E-state index in [2.05, 4.69) is 0 Å². The summed E-state index contributed by atoms with van der Waals surface area (Å²) >= 11 is 7.54. The normalized spacial score (nSPS) is 29.3. The number of halogens is 1. The number of hydrogen-bond acceptors (Lipinski definition) is 6. The zero-order chi connectivity index (χ0) is 17.6. The molecule has 2 aliphatic heterocycles. The van der Waals surface area contributed by atoms with Crippen LogP contribution in [-0.4, -0.2) is 36.4 Å². The van der Waals surface area contributed by atoms with Crippen molar-refractivity contribution in [2.75, 3.05) is 14.2 Å². The number of carbonyl (C=O) groups is 1.